The van der Waals surface area contributed by atoms with E-state index in [1.54, 1.807) is 33.4 Å². The molecule has 0 N–H and O–H groups in total. The van der Waals surface area contributed by atoms with Crippen LogP contribution in [0, 0.1) is 0 Å². The molecule has 0 unspecified atom stereocenters. The Morgan fingerprint density at radius 2 is 0.781 bits per heavy atom. The normalized spacial score (nSPS) is 18.1. The summed E-state index contributed by atoms with van der Waals surface area (Å²) in [6.45, 7) is 14.3. The molecule has 2 aromatic carbocycles. The quantitative estimate of drug-likeness (QED) is 0.391. The summed E-state index contributed by atoms with van der Waals surface area (Å²) in [5.41, 5.74) is 13.4. The summed E-state index contributed by atoms with van der Waals surface area (Å²) in [4.78, 5) is 0. The lowest BCUT2D eigenvalue weighted by molar-refractivity contribution is 0.572. The molecule has 0 heteroatoms. The number of hydrogen-bond donors (Lipinski definition) is 0. The second-order valence-electron chi connectivity index (χ2n) is 12.7. The molecule has 2 aromatic rings. The van der Waals surface area contributed by atoms with Crippen molar-refractivity contribution >= 4 is 0 Å². The van der Waals surface area contributed by atoms with E-state index in [9.17, 15) is 0 Å². The minimum atomic E-state index is 0.207. The number of benzene rings is 2. The molecule has 174 valence electrons. The largest absolute Gasteiger partial charge is 0.0561 e. The maximum Gasteiger partial charge on any atom is -0.00199 e. The molecule has 0 spiro atoms. The second kappa shape index (κ2) is 9.36. The lowest BCUT2D eigenvalue weighted by atomic mass is 9.80. The minimum Gasteiger partial charge on any atom is -0.0561 e. The first-order valence-electron chi connectivity index (χ1n) is 13.4. The second-order valence-corrected chi connectivity index (χ2v) is 12.7. The lowest BCUT2D eigenvalue weighted by Crippen LogP contribution is -2.14. The zero-order valence-corrected chi connectivity index (χ0v) is 21.8. The van der Waals surface area contributed by atoms with E-state index in [0.717, 1.165) is 6.42 Å². The maximum absolute atomic E-state index is 2.58. The van der Waals surface area contributed by atoms with Crippen molar-refractivity contribution in [3.63, 3.8) is 0 Å². The summed E-state index contributed by atoms with van der Waals surface area (Å²) in [5, 5.41) is 0. The Morgan fingerprint density at radius 1 is 0.438 bits per heavy atom. The number of fused-ring (bicyclic) bond motifs is 1. The number of aryl methyl sites for hydroxylation is 2. The van der Waals surface area contributed by atoms with Crippen LogP contribution in [0.5, 0.6) is 0 Å². The fourth-order valence-corrected chi connectivity index (χ4v) is 5.83. The zero-order chi connectivity index (χ0) is 22.9. The zero-order valence-electron chi connectivity index (χ0n) is 21.8. The van der Waals surface area contributed by atoms with E-state index in [0.29, 0.717) is 0 Å². The molecule has 2 bridgehead atoms. The maximum atomic E-state index is 2.58. The molecule has 0 heterocycles. The summed E-state index contributed by atoms with van der Waals surface area (Å²) in [5.74, 6) is 0. The van der Waals surface area contributed by atoms with Crippen LogP contribution in [0.25, 0.3) is 0 Å². The molecule has 0 atom stereocenters. The van der Waals surface area contributed by atoms with Crippen molar-refractivity contribution in [1.82, 2.24) is 0 Å². The molecule has 0 saturated carbocycles. The summed E-state index contributed by atoms with van der Waals surface area (Å²) < 4.78 is 0. The third-order valence-electron chi connectivity index (χ3n) is 8.00. The Kier molecular flexibility index (Phi) is 6.90. The Bertz CT molecular complexity index is 868. The van der Waals surface area contributed by atoms with Gasteiger partial charge in [-0.1, -0.05) is 97.9 Å². The molecule has 2 aliphatic rings. The van der Waals surface area contributed by atoms with Gasteiger partial charge in [-0.25, -0.2) is 0 Å². The molecule has 0 aliphatic heterocycles. The van der Waals surface area contributed by atoms with Crippen LogP contribution in [0.3, 0.4) is 0 Å². The SMILES string of the molecule is CC(C)(C)c1cc2c3c(c1)Cc1cc(C(C)(C)C)cc(c1CC3)CCCCCCCCC2. The molecule has 32 heavy (non-hydrogen) atoms. The van der Waals surface area contributed by atoms with Crippen LogP contribution >= 0.6 is 0 Å². The Morgan fingerprint density at radius 3 is 1.16 bits per heavy atom. The number of hydrogen-bond acceptors (Lipinski definition) is 0. The van der Waals surface area contributed by atoms with E-state index in [1.807, 2.05) is 0 Å². The smallest absolute Gasteiger partial charge is 0.00199 e. The van der Waals surface area contributed by atoms with Gasteiger partial charge >= 0.3 is 0 Å². The molecule has 4 rings (SSSR count). The van der Waals surface area contributed by atoms with Gasteiger partial charge in [0.05, 0.1) is 0 Å². The van der Waals surface area contributed by atoms with Gasteiger partial charge in [0.2, 0.25) is 0 Å². The highest BCUT2D eigenvalue weighted by Crippen LogP contribution is 2.36. The Balaban J connectivity index is 1.85. The average molecular weight is 431 g/mol. The van der Waals surface area contributed by atoms with Gasteiger partial charge in [0.1, 0.15) is 0 Å². The van der Waals surface area contributed by atoms with Gasteiger partial charge in [-0.15, -0.1) is 0 Å². The van der Waals surface area contributed by atoms with Gasteiger partial charge in [0.25, 0.3) is 0 Å². The van der Waals surface area contributed by atoms with E-state index in [4.69, 9.17) is 0 Å². The van der Waals surface area contributed by atoms with Gasteiger partial charge in [-0.3, -0.25) is 0 Å². The van der Waals surface area contributed by atoms with Crippen molar-refractivity contribution in [3.05, 3.63) is 68.8 Å². The fraction of sp³-hybridized carbons (Fsp3) is 0.625. The predicted octanol–water partition coefficient (Wildman–Crippen LogP) is 8.80. The monoisotopic (exact) mass is 430 g/mol. The lowest BCUT2D eigenvalue weighted by Gasteiger charge is -2.25. The summed E-state index contributed by atoms with van der Waals surface area (Å²) >= 11 is 0. The molecule has 0 aromatic heterocycles. The van der Waals surface area contributed by atoms with E-state index in [2.05, 4.69) is 65.8 Å². The van der Waals surface area contributed by atoms with E-state index < -0.39 is 0 Å². The number of rotatable bonds is 0. The first-order chi connectivity index (χ1) is 15.1. The Labute approximate surface area is 198 Å². The highest BCUT2D eigenvalue weighted by molar-refractivity contribution is 5.51. The van der Waals surface area contributed by atoms with Crippen LogP contribution < -0.4 is 0 Å². The topological polar surface area (TPSA) is 0 Å². The van der Waals surface area contributed by atoms with Gasteiger partial charge in [-0.05, 0) is 100 Å². The predicted molar refractivity (Wildman–Crippen MR) is 140 cm³/mol. The van der Waals surface area contributed by atoms with Gasteiger partial charge in [-0.2, -0.15) is 0 Å². The van der Waals surface area contributed by atoms with Gasteiger partial charge in [0, 0.05) is 0 Å². The van der Waals surface area contributed by atoms with Crippen LogP contribution in [0.2, 0.25) is 0 Å². The van der Waals surface area contributed by atoms with E-state index in [1.165, 1.54) is 81.8 Å². The average Bonchev–Trinajstić information content (AvgIpc) is 2.89. The Hall–Kier alpha value is -1.56. The van der Waals surface area contributed by atoms with Crippen molar-refractivity contribution < 1.29 is 0 Å². The van der Waals surface area contributed by atoms with Crippen LogP contribution in [-0.4, -0.2) is 0 Å². The molecule has 2 aliphatic carbocycles. The van der Waals surface area contributed by atoms with Crippen LogP contribution in [0.15, 0.2) is 24.3 Å². The highest BCUT2D eigenvalue weighted by atomic mass is 14.3. The third kappa shape index (κ3) is 5.32. The van der Waals surface area contributed by atoms with Crippen LogP contribution in [-0.2, 0) is 42.9 Å². The highest BCUT2D eigenvalue weighted by Gasteiger charge is 2.25. The van der Waals surface area contributed by atoms with Gasteiger partial charge < -0.3 is 0 Å². The molecule has 0 amide bonds. The first-order valence-corrected chi connectivity index (χ1v) is 13.4. The van der Waals surface area contributed by atoms with Crippen molar-refractivity contribution in [2.24, 2.45) is 0 Å². The molecule has 0 fully saturated rings. The van der Waals surface area contributed by atoms with Crippen molar-refractivity contribution in [2.75, 3.05) is 0 Å². The molecule has 0 nitrogen and oxygen atoms in total. The first kappa shape index (κ1) is 23.6. The van der Waals surface area contributed by atoms with Crippen LogP contribution in [0.4, 0.5) is 0 Å². The minimum absolute atomic E-state index is 0.207. The molecular formula is C32H46. The molecule has 0 saturated heterocycles. The van der Waals surface area contributed by atoms with Gasteiger partial charge in [0.15, 0.2) is 0 Å². The standard InChI is InChI=1S/C32H46/c1-31(2,3)27-19-23-14-12-10-8-7-9-11-13-15-24-20-28(32(4,5)6)22-26-18-25(21-27)29(23)16-17-30(24)26/h19-22H,7-18H2,1-6H3. The van der Waals surface area contributed by atoms with Crippen molar-refractivity contribution in [3.8, 4) is 0 Å². The van der Waals surface area contributed by atoms with Crippen molar-refractivity contribution in [1.29, 1.82) is 0 Å². The summed E-state index contributed by atoms with van der Waals surface area (Å²) in [7, 11) is 0. The molecular weight excluding hydrogens is 384 g/mol. The fourth-order valence-electron chi connectivity index (χ4n) is 5.83. The van der Waals surface area contributed by atoms with Crippen LogP contribution in [0.1, 0.15) is 131 Å². The van der Waals surface area contributed by atoms with E-state index >= 15 is 0 Å². The van der Waals surface area contributed by atoms with Crippen molar-refractivity contribution in [2.45, 2.75) is 129 Å². The van der Waals surface area contributed by atoms with E-state index in [-0.39, 0.29) is 10.8 Å². The third-order valence-corrected chi connectivity index (χ3v) is 8.00. The summed E-state index contributed by atoms with van der Waals surface area (Å²) in [6, 6.07) is 10.3. The summed E-state index contributed by atoms with van der Waals surface area (Å²) in [6.07, 6.45) is 15.8. The molecule has 0 radical (unpaired) electrons.